The van der Waals surface area contributed by atoms with Gasteiger partial charge in [0.15, 0.2) is 5.82 Å². The number of pyridine rings is 1. The van der Waals surface area contributed by atoms with Gasteiger partial charge in [0, 0.05) is 37.3 Å². The van der Waals surface area contributed by atoms with Gasteiger partial charge in [-0.15, -0.1) is 0 Å². The fraction of sp³-hybridized carbons (Fsp3) is 0.417. The number of carbonyl (C=O) groups is 1. The maximum absolute atomic E-state index is 11.5. The van der Waals surface area contributed by atoms with Gasteiger partial charge in [-0.1, -0.05) is 57.4 Å². The number of hydrogen-bond acceptors (Lipinski definition) is 4. The Morgan fingerprint density at radius 3 is 2.50 bits per heavy atom. The second kappa shape index (κ2) is 10.7. The standard InChI is InChI=1S/C24H30N4O2/c1-3-5-7-8-22-26-23(28(27-22)15-6-4-2)16-18-9-11-19(12-10-18)21-17-25-14-13-20(21)24(29)30/h9-14,17H,3-8,15-16H2,1-2H3,(H,29,30). The molecule has 0 aliphatic heterocycles. The summed E-state index contributed by atoms with van der Waals surface area (Å²) in [6, 6.07) is 9.50. The molecule has 30 heavy (non-hydrogen) atoms. The van der Waals surface area contributed by atoms with Crippen molar-refractivity contribution in [1.29, 1.82) is 0 Å². The number of benzene rings is 1. The van der Waals surface area contributed by atoms with Gasteiger partial charge < -0.3 is 5.11 Å². The van der Waals surface area contributed by atoms with Crippen LogP contribution in [0.15, 0.2) is 42.7 Å². The summed E-state index contributed by atoms with van der Waals surface area (Å²) in [5, 5.41) is 14.2. The minimum absolute atomic E-state index is 0.258. The Morgan fingerprint density at radius 1 is 1.03 bits per heavy atom. The van der Waals surface area contributed by atoms with Crippen LogP contribution in [0, 0.1) is 0 Å². The molecule has 0 aliphatic rings. The lowest BCUT2D eigenvalue weighted by Gasteiger charge is -2.08. The van der Waals surface area contributed by atoms with Crippen LogP contribution in [0.25, 0.3) is 11.1 Å². The lowest BCUT2D eigenvalue weighted by atomic mass is 10.00. The van der Waals surface area contributed by atoms with Crippen molar-refractivity contribution in [3.05, 3.63) is 65.5 Å². The normalized spacial score (nSPS) is 11.0. The predicted molar refractivity (Wildman–Crippen MR) is 118 cm³/mol. The fourth-order valence-electron chi connectivity index (χ4n) is 3.48. The number of carboxylic acids is 1. The van der Waals surface area contributed by atoms with E-state index in [0.29, 0.717) is 12.0 Å². The lowest BCUT2D eigenvalue weighted by molar-refractivity contribution is 0.0697. The topological polar surface area (TPSA) is 80.9 Å². The van der Waals surface area contributed by atoms with E-state index in [9.17, 15) is 9.90 Å². The van der Waals surface area contributed by atoms with Gasteiger partial charge >= 0.3 is 5.97 Å². The molecular weight excluding hydrogens is 376 g/mol. The highest BCUT2D eigenvalue weighted by atomic mass is 16.4. The van der Waals surface area contributed by atoms with E-state index in [4.69, 9.17) is 10.1 Å². The second-order valence-corrected chi connectivity index (χ2v) is 7.58. The summed E-state index contributed by atoms with van der Waals surface area (Å²) in [6.45, 7) is 5.27. The zero-order chi connectivity index (χ0) is 21.3. The van der Waals surface area contributed by atoms with Gasteiger partial charge in [0.25, 0.3) is 0 Å². The van der Waals surface area contributed by atoms with Crippen molar-refractivity contribution < 1.29 is 9.90 Å². The minimum atomic E-state index is -0.948. The first-order valence-electron chi connectivity index (χ1n) is 10.8. The first kappa shape index (κ1) is 21.7. The van der Waals surface area contributed by atoms with Crippen molar-refractivity contribution in [2.24, 2.45) is 0 Å². The van der Waals surface area contributed by atoms with E-state index in [2.05, 4.69) is 23.5 Å². The maximum Gasteiger partial charge on any atom is 0.336 e. The molecule has 158 valence electrons. The highest BCUT2D eigenvalue weighted by Crippen LogP contribution is 2.24. The van der Waals surface area contributed by atoms with E-state index in [1.807, 2.05) is 24.3 Å². The molecule has 0 bridgehead atoms. The van der Waals surface area contributed by atoms with Crippen LogP contribution in [0.1, 0.15) is 73.5 Å². The van der Waals surface area contributed by atoms with Crippen molar-refractivity contribution in [2.45, 2.75) is 65.3 Å². The summed E-state index contributed by atoms with van der Waals surface area (Å²) < 4.78 is 2.06. The molecule has 0 radical (unpaired) electrons. The molecule has 2 aromatic heterocycles. The summed E-state index contributed by atoms with van der Waals surface area (Å²) in [6.07, 6.45) is 10.5. The number of aromatic carboxylic acids is 1. The molecule has 0 saturated carbocycles. The van der Waals surface area contributed by atoms with Crippen LogP contribution in [0.2, 0.25) is 0 Å². The van der Waals surface area contributed by atoms with Crippen LogP contribution < -0.4 is 0 Å². The van der Waals surface area contributed by atoms with Crippen LogP contribution >= 0.6 is 0 Å². The lowest BCUT2D eigenvalue weighted by Crippen LogP contribution is -2.06. The fourth-order valence-corrected chi connectivity index (χ4v) is 3.48. The van der Waals surface area contributed by atoms with Gasteiger partial charge in [-0.25, -0.2) is 14.5 Å². The Bertz CT molecular complexity index is 964. The Kier molecular flexibility index (Phi) is 7.71. The number of aromatic nitrogens is 4. The van der Waals surface area contributed by atoms with Crippen molar-refractivity contribution in [2.75, 3.05) is 0 Å². The van der Waals surface area contributed by atoms with E-state index < -0.39 is 5.97 Å². The highest BCUT2D eigenvalue weighted by Gasteiger charge is 2.13. The van der Waals surface area contributed by atoms with Crippen LogP contribution in [-0.4, -0.2) is 30.8 Å². The van der Waals surface area contributed by atoms with Gasteiger partial charge in [-0.3, -0.25) is 4.98 Å². The summed E-state index contributed by atoms with van der Waals surface area (Å²) in [7, 11) is 0. The van der Waals surface area contributed by atoms with Gasteiger partial charge in [-0.05, 0) is 30.0 Å². The smallest absolute Gasteiger partial charge is 0.336 e. The summed E-state index contributed by atoms with van der Waals surface area (Å²) >= 11 is 0. The number of carboxylic acid groups (broad SMARTS) is 1. The molecule has 3 rings (SSSR count). The maximum atomic E-state index is 11.5. The largest absolute Gasteiger partial charge is 0.478 e. The van der Waals surface area contributed by atoms with Crippen molar-refractivity contribution in [3.8, 4) is 11.1 Å². The van der Waals surface area contributed by atoms with Crippen molar-refractivity contribution >= 4 is 5.97 Å². The SMILES string of the molecule is CCCCCc1nc(Cc2ccc(-c3cnccc3C(=O)O)cc2)n(CCCC)n1. The third kappa shape index (κ3) is 5.53. The van der Waals surface area contributed by atoms with Crippen molar-refractivity contribution in [1.82, 2.24) is 19.7 Å². The Balaban J connectivity index is 1.78. The van der Waals surface area contributed by atoms with E-state index in [-0.39, 0.29) is 5.56 Å². The van der Waals surface area contributed by atoms with Crippen LogP contribution in [0.3, 0.4) is 0 Å². The number of nitrogens with zero attached hydrogens (tertiary/aromatic N) is 4. The zero-order valence-corrected chi connectivity index (χ0v) is 17.8. The van der Waals surface area contributed by atoms with Crippen LogP contribution in [0.5, 0.6) is 0 Å². The van der Waals surface area contributed by atoms with Crippen LogP contribution in [-0.2, 0) is 19.4 Å². The molecule has 6 heteroatoms. The minimum Gasteiger partial charge on any atom is -0.478 e. The number of hydrogen-bond donors (Lipinski definition) is 1. The average molecular weight is 407 g/mol. The molecule has 0 atom stereocenters. The molecule has 6 nitrogen and oxygen atoms in total. The van der Waals surface area contributed by atoms with Gasteiger partial charge in [0.05, 0.1) is 5.56 Å². The first-order valence-corrected chi connectivity index (χ1v) is 10.8. The molecule has 0 spiro atoms. The zero-order valence-electron chi connectivity index (χ0n) is 17.8. The Labute approximate surface area is 178 Å². The molecular formula is C24H30N4O2. The van der Waals surface area contributed by atoms with E-state index >= 15 is 0 Å². The molecule has 0 fully saturated rings. The number of unbranched alkanes of at least 4 members (excludes halogenated alkanes) is 3. The number of rotatable bonds is 11. The molecule has 2 heterocycles. The third-order valence-electron chi connectivity index (χ3n) is 5.20. The monoisotopic (exact) mass is 406 g/mol. The third-order valence-corrected chi connectivity index (χ3v) is 5.20. The van der Waals surface area contributed by atoms with Gasteiger partial charge in [-0.2, -0.15) is 5.10 Å². The van der Waals surface area contributed by atoms with Gasteiger partial charge in [0.2, 0.25) is 0 Å². The molecule has 1 N–H and O–H groups in total. The summed E-state index contributed by atoms with van der Waals surface area (Å²) in [5.41, 5.74) is 2.86. The summed E-state index contributed by atoms with van der Waals surface area (Å²) in [5.74, 6) is 0.985. The Morgan fingerprint density at radius 2 is 1.80 bits per heavy atom. The molecule has 3 aromatic rings. The molecule has 0 aliphatic carbocycles. The predicted octanol–water partition coefficient (Wildman–Crippen LogP) is 5.16. The van der Waals surface area contributed by atoms with E-state index in [1.54, 1.807) is 6.20 Å². The average Bonchev–Trinajstić information content (AvgIpc) is 3.14. The van der Waals surface area contributed by atoms with Crippen molar-refractivity contribution in [3.63, 3.8) is 0 Å². The van der Waals surface area contributed by atoms with Gasteiger partial charge in [0.1, 0.15) is 5.82 Å². The summed E-state index contributed by atoms with van der Waals surface area (Å²) in [4.78, 5) is 20.4. The second-order valence-electron chi connectivity index (χ2n) is 7.58. The van der Waals surface area contributed by atoms with E-state index in [0.717, 1.165) is 55.0 Å². The quantitative estimate of drug-likeness (QED) is 0.445. The highest BCUT2D eigenvalue weighted by molar-refractivity contribution is 5.95. The molecule has 1 aromatic carbocycles. The number of aryl methyl sites for hydroxylation is 2. The molecule has 0 unspecified atom stereocenters. The van der Waals surface area contributed by atoms with E-state index in [1.165, 1.54) is 25.1 Å². The van der Waals surface area contributed by atoms with Crippen LogP contribution in [0.4, 0.5) is 0 Å². The molecule has 0 amide bonds. The first-order chi connectivity index (χ1) is 14.6. The Hall–Kier alpha value is -3.02. The molecule has 0 saturated heterocycles.